The molecular weight excluding hydrogens is 380 g/mol. The summed E-state index contributed by atoms with van der Waals surface area (Å²) in [4.78, 5) is 41.4. The van der Waals surface area contributed by atoms with Crippen molar-refractivity contribution < 1.29 is 19.1 Å². The van der Waals surface area contributed by atoms with Gasteiger partial charge in [0, 0.05) is 16.9 Å². The van der Waals surface area contributed by atoms with Crippen LogP contribution in [-0.4, -0.2) is 29.3 Å². The van der Waals surface area contributed by atoms with Crippen LogP contribution in [0.25, 0.3) is 11.1 Å². The average Bonchev–Trinajstić information content (AvgIpc) is 3.08. The van der Waals surface area contributed by atoms with Crippen molar-refractivity contribution in [3.8, 4) is 11.1 Å². The highest BCUT2D eigenvalue weighted by molar-refractivity contribution is 6.47. The van der Waals surface area contributed by atoms with Crippen LogP contribution in [0.1, 0.15) is 44.6 Å². The molecule has 154 valence electrons. The van der Waals surface area contributed by atoms with Crippen LogP contribution >= 0.6 is 0 Å². The van der Waals surface area contributed by atoms with Crippen LogP contribution in [0.5, 0.6) is 0 Å². The molecule has 0 fully saturated rings. The molecule has 1 amide bonds. The van der Waals surface area contributed by atoms with Gasteiger partial charge in [-0.25, -0.2) is 4.79 Å². The Morgan fingerprint density at radius 2 is 1.67 bits per heavy atom. The molecule has 0 unspecified atom stereocenters. The number of hydrogen-bond donors (Lipinski definition) is 2. The number of anilines is 1. The third kappa shape index (κ3) is 4.03. The fourth-order valence-electron chi connectivity index (χ4n) is 3.33. The third-order valence-electron chi connectivity index (χ3n) is 5.02. The van der Waals surface area contributed by atoms with Crippen molar-refractivity contribution in [3.05, 3.63) is 76.6 Å². The molecule has 30 heavy (non-hydrogen) atoms. The first-order valence-corrected chi connectivity index (χ1v) is 9.72. The van der Waals surface area contributed by atoms with Crippen molar-refractivity contribution in [1.82, 2.24) is 4.98 Å². The maximum Gasteiger partial charge on any atom is 0.340 e. The minimum atomic E-state index is -0.780. The van der Waals surface area contributed by atoms with E-state index in [1.54, 1.807) is 44.2 Å². The van der Waals surface area contributed by atoms with E-state index in [1.807, 2.05) is 32.0 Å². The van der Waals surface area contributed by atoms with E-state index in [-0.39, 0.29) is 17.9 Å². The smallest absolute Gasteiger partial charge is 0.340 e. The molecule has 0 aliphatic carbocycles. The van der Waals surface area contributed by atoms with E-state index < -0.39 is 17.7 Å². The van der Waals surface area contributed by atoms with Crippen LogP contribution in [0.15, 0.2) is 48.5 Å². The highest BCUT2D eigenvalue weighted by Crippen LogP contribution is 2.31. The number of amides is 1. The molecule has 0 bridgehead atoms. The van der Waals surface area contributed by atoms with Gasteiger partial charge in [0.25, 0.3) is 11.7 Å². The number of ketones is 1. The maximum absolute atomic E-state index is 13.1. The van der Waals surface area contributed by atoms with Gasteiger partial charge in [0.15, 0.2) is 0 Å². The molecule has 0 spiro atoms. The number of carbonyl (C=O) groups excluding carboxylic acids is 3. The minimum absolute atomic E-state index is 0.0598. The van der Waals surface area contributed by atoms with Gasteiger partial charge in [0.1, 0.15) is 5.69 Å². The monoisotopic (exact) mass is 404 g/mol. The van der Waals surface area contributed by atoms with Gasteiger partial charge in [0.2, 0.25) is 0 Å². The van der Waals surface area contributed by atoms with Gasteiger partial charge < -0.3 is 15.0 Å². The largest absolute Gasteiger partial charge is 0.462 e. The number of benzene rings is 2. The molecule has 2 aromatic carbocycles. The molecule has 0 saturated heterocycles. The number of nitrogens with one attached hydrogen (secondary N) is 2. The van der Waals surface area contributed by atoms with Crippen LogP contribution < -0.4 is 5.32 Å². The van der Waals surface area contributed by atoms with Crippen molar-refractivity contribution in [2.24, 2.45) is 0 Å². The lowest BCUT2D eigenvalue weighted by Gasteiger charge is -2.10. The Hall–Kier alpha value is -3.67. The highest BCUT2D eigenvalue weighted by Gasteiger charge is 2.30. The summed E-state index contributed by atoms with van der Waals surface area (Å²) >= 11 is 0. The first kappa shape index (κ1) is 21.0. The molecule has 3 rings (SSSR count). The summed E-state index contributed by atoms with van der Waals surface area (Å²) < 4.78 is 5.18. The Kier molecular flexibility index (Phi) is 6.16. The third-order valence-corrected chi connectivity index (χ3v) is 5.02. The number of ether oxygens (including phenoxy) is 1. The summed E-state index contributed by atoms with van der Waals surface area (Å²) in [5.41, 5.74) is 4.26. The fraction of sp³-hybridized carbons (Fsp3) is 0.208. The van der Waals surface area contributed by atoms with E-state index in [9.17, 15) is 14.4 Å². The summed E-state index contributed by atoms with van der Waals surface area (Å²) in [7, 11) is 0. The second kappa shape index (κ2) is 8.78. The van der Waals surface area contributed by atoms with Crippen LogP contribution in [-0.2, 0) is 9.53 Å². The summed E-state index contributed by atoms with van der Waals surface area (Å²) in [6.45, 7) is 7.40. The predicted octanol–water partition coefficient (Wildman–Crippen LogP) is 4.61. The zero-order valence-corrected chi connectivity index (χ0v) is 17.5. The topological polar surface area (TPSA) is 88.3 Å². The number of aromatic nitrogens is 1. The lowest BCUT2D eigenvalue weighted by molar-refractivity contribution is -0.112. The van der Waals surface area contributed by atoms with Crippen molar-refractivity contribution >= 4 is 23.3 Å². The highest BCUT2D eigenvalue weighted by atomic mass is 16.5. The number of rotatable bonds is 6. The Labute approximate surface area is 175 Å². The fourth-order valence-corrected chi connectivity index (χ4v) is 3.33. The molecule has 0 atom stereocenters. The van der Waals surface area contributed by atoms with Crippen molar-refractivity contribution in [3.63, 3.8) is 0 Å². The summed E-state index contributed by atoms with van der Waals surface area (Å²) in [5.74, 6) is -2.08. The van der Waals surface area contributed by atoms with E-state index in [0.29, 0.717) is 22.5 Å². The van der Waals surface area contributed by atoms with E-state index in [4.69, 9.17) is 4.74 Å². The van der Waals surface area contributed by atoms with Gasteiger partial charge in [-0.15, -0.1) is 0 Å². The van der Waals surface area contributed by atoms with Gasteiger partial charge >= 0.3 is 5.97 Å². The summed E-state index contributed by atoms with van der Waals surface area (Å²) in [6, 6.07) is 14.5. The molecule has 0 radical (unpaired) electrons. The minimum Gasteiger partial charge on any atom is -0.462 e. The Balaban J connectivity index is 2.05. The van der Waals surface area contributed by atoms with Crippen LogP contribution in [0.2, 0.25) is 0 Å². The normalized spacial score (nSPS) is 10.5. The molecule has 0 aliphatic heterocycles. The van der Waals surface area contributed by atoms with Crippen LogP contribution in [0.4, 0.5) is 5.69 Å². The number of esters is 1. The van der Waals surface area contributed by atoms with Crippen molar-refractivity contribution in [2.75, 3.05) is 11.9 Å². The first-order valence-electron chi connectivity index (χ1n) is 9.72. The van der Waals surface area contributed by atoms with E-state index >= 15 is 0 Å². The number of aromatic amines is 1. The zero-order valence-electron chi connectivity index (χ0n) is 17.5. The molecule has 6 heteroatoms. The van der Waals surface area contributed by atoms with Crippen molar-refractivity contribution in [1.29, 1.82) is 0 Å². The van der Waals surface area contributed by atoms with Crippen molar-refractivity contribution in [2.45, 2.75) is 27.7 Å². The van der Waals surface area contributed by atoms with E-state index in [0.717, 1.165) is 11.1 Å². The quantitative estimate of drug-likeness (QED) is 0.357. The molecular formula is C24H24N2O4. The van der Waals surface area contributed by atoms with Gasteiger partial charge in [0.05, 0.1) is 12.2 Å². The molecule has 2 N–H and O–H groups in total. The van der Waals surface area contributed by atoms with Crippen LogP contribution in [0, 0.1) is 20.8 Å². The van der Waals surface area contributed by atoms with Gasteiger partial charge in [-0.2, -0.15) is 0 Å². The SMILES string of the molecule is CCOC(=O)c1c(C)[nH]c(C(=O)C(=O)Nc2cccc(C)c2C)c1-c1ccccc1. The molecule has 1 heterocycles. The lowest BCUT2D eigenvalue weighted by Crippen LogP contribution is -2.24. The Bertz CT molecular complexity index is 1110. The van der Waals surface area contributed by atoms with Gasteiger partial charge in [-0.1, -0.05) is 42.5 Å². The number of aryl methyl sites for hydroxylation is 2. The molecule has 6 nitrogen and oxygen atoms in total. The second-order valence-electron chi connectivity index (χ2n) is 6.99. The Morgan fingerprint density at radius 3 is 2.33 bits per heavy atom. The molecule has 3 aromatic rings. The zero-order chi connectivity index (χ0) is 21.8. The van der Waals surface area contributed by atoms with Crippen LogP contribution in [0.3, 0.4) is 0 Å². The summed E-state index contributed by atoms with van der Waals surface area (Å²) in [6.07, 6.45) is 0. The maximum atomic E-state index is 13.1. The number of H-pyrrole nitrogens is 1. The first-order chi connectivity index (χ1) is 14.3. The predicted molar refractivity (Wildman–Crippen MR) is 116 cm³/mol. The van der Waals surface area contributed by atoms with E-state index in [1.165, 1.54) is 0 Å². The number of hydrogen-bond acceptors (Lipinski definition) is 4. The van der Waals surface area contributed by atoms with Gasteiger partial charge in [-0.3, -0.25) is 9.59 Å². The molecule has 0 saturated carbocycles. The van der Waals surface area contributed by atoms with E-state index in [2.05, 4.69) is 10.3 Å². The lowest BCUT2D eigenvalue weighted by atomic mass is 9.98. The standard InChI is InChI=1S/C24H24N2O4/c1-5-30-24(29)19-16(4)25-21(20(19)17-11-7-6-8-12-17)22(27)23(28)26-18-13-9-10-14(2)15(18)3/h6-13,25H,5H2,1-4H3,(H,26,28). The summed E-state index contributed by atoms with van der Waals surface area (Å²) in [5, 5.41) is 2.69. The number of Topliss-reactive ketones (excluding diaryl/α,β-unsaturated/α-hetero) is 1. The Morgan fingerprint density at radius 1 is 0.967 bits per heavy atom. The van der Waals surface area contributed by atoms with Gasteiger partial charge in [-0.05, 0) is 50.5 Å². The second-order valence-corrected chi connectivity index (χ2v) is 6.99. The molecule has 1 aromatic heterocycles. The average molecular weight is 404 g/mol. The number of carbonyl (C=O) groups is 3. The molecule has 0 aliphatic rings.